The van der Waals surface area contributed by atoms with Crippen LogP contribution in [0.15, 0.2) is 53.5 Å². The van der Waals surface area contributed by atoms with E-state index in [0.717, 1.165) is 31.2 Å². The summed E-state index contributed by atoms with van der Waals surface area (Å²) >= 11 is 0. The summed E-state index contributed by atoms with van der Waals surface area (Å²) in [6, 6.07) is 16.0. The Morgan fingerprint density at radius 2 is 1.85 bits per heavy atom. The van der Waals surface area contributed by atoms with E-state index < -0.39 is 11.6 Å². The van der Waals surface area contributed by atoms with Crippen molar-refractivity contribution < 1.29 is 19.5 Å². The third-order valence-electron chi connectivity index (χ3n) is 8.13. The van der Waals surface area contributed by atoms with Crippen molar-refractivity contribution in [3.8, 4) is 6.07 Å². The number of nitriles is 1. The van der Waals surface area contributed by atoms with Gasteiger partial charge >= 0.3 is 5.97 Å². The van der Waals surface area contributed by atoms with E-state index in [1.807, 2.05) is 30.0 Å². The Kier molecular flexibility index (Phi) is 7.91. The molecule has 1 atom stereocenters. The number of carbonyl (C=O) groups excluding carboxylic acids is 2. The predicted octanol–water partition coefficient (Wildman–Crippen LogP) is 5.09. The molecule has 1 aliphatic carbocycles. The van der Waals surface area contributed by atoms with Crippen LogP contribution in [0.1, 0.15) is 92.9 Å². The van der Waals surface area contributed by atoms with Crippen LogP contribution in [-0.2, 0) is 9.59 Å². The zero-order valence-electron chi connectivity index (χ0n) is 23.0. The maximum absolute atomic E-state index is 14.0. The van der Waals surface area contributed by atoms with Gasteiger partial charge in [0.1, 0.15) is 11.4 Å². The topological polar surface area (TPSA) is 123 Å². The lowest BCUT2D eigenvalue weighted by Crippen LogP contribution is -2.50. The fourth-order valence-corrected chi connectivity index (χ4v) is 5.82. The van der Waals surface area contributed by atoms with Crippen molar-refractivity contribution in [3.63, 3.8) is 0 Å². The zero-order valence-corrected chi connectivity index (χ0v) is 23.0. The van der Waals surface area contributed by atoms with Crippen LogP contribution in [-0.4, -0.2) is 45.7 Å². The normalized spacial score (nSPS) is 21.8. The number of rotatable bonds is 7. The first-order valence-electron chi connectivity index (χ1n) is 13.5. The van der Waals surface area contributed by atoms with Gasteiger partial charge in [0.25, 0.3) is 11.8 Å². The number of carbonyl (C=O) groups is 3. The molecular weight excluding hydrogens is 492 g/mol. The molecule has 0 aromatic heterocycles. The van der Waals surface area contributed by atoms with Gasteiger partial charge in [-0.25, -0.2) is 0 Å². The van der Waals surface area contributed by atoms with E-state index >= 15 is 0 Å². The Morgan fingerprint density at radius 1 is 1.18 bits per heavy atom. The van der Waals surface area contributed by atoms with E-state index in [4.69, 9.17) is 10.1 Å². The number of benzene rings is 2. The van der Waals surface area contributed by atoms with Crippen molar-refractivity contribution in [1.82, 2.24) is 10.2 Å². The van der Waals surface area contributed by atoms with Crippen molar-refractivity contribution in [2.75, 3.05) is 6.54 Å². The number of hydrogen-bond donors (Lipinski definition) is 2. The summed E-state index contributed by atoms with van der Waals surface area (Å²) < 4.78 is 0. The average Bonchev–Trinajstić information content (AvgIpc) is 3.18. The lowest BCUT2D eigenvalue weighted by molar-refractivity contribution is -0.137. The van der Waals surface area contributed by atoms with E-state index in [9.17, 15) is 19.6 Å². The third kappa shape index (κ3) is 5.88. The van der Waals surface area contributed by atoms with Crippen LogP contribution in [0.25, 0.3) is 0 Å². The van der Waals surface area contributed by atoms with Gasteiger partial charge in [0.15, 0.2) is 0 Å². The van der Waals surface area contributed by atoms with Crippen LogP contribution in [0.3, 0.4) is 0 Å². The molecule has 1 fully saturated rings. The van der Waals surface area contributed by atoms with Gasteiger partial charge in [0.2, 0.25) is 0 Å². The van der Waals surface area contributed by atoms with E-state index in [-0.39, 0.29) is 36.2 Å². The first-order chi connectivity index (χ1) is 18.4. The minimum Gasteiger partial charge on any atom is -0.481 e. The van der Waals surface area contributed by atoms with Crippen molar-refractivity contribution >= 4 is 23.5 Å². The number of aliphatic imine (C=N–C) groups is 1. The van der Waals surface area contributed by atoms with Gasteiger partial charge in [-0.15, -0.1) is 0 Å². The molecule has 0 bridgehead atoms. The number of amides is 2. The number of nitrogens with one attached hydrogen (secondary N) is 1. The molecule has 2 aromatic carbocycles. The molecule has 0 radical (unpaired) electrons. The standard InChI is InChI=1S/C31H36N4O4/c1-20(22-8-10-23(11-9-22)28(38)33-17-14-26(36)37)35-29(39)27(24-7-5-6-21(18-24)19-32)34-31(35)15-12-25(13-16-31)30(2,3)4/h5-11,18,20,25H,12-17H2,1-4H3,(H,33,38)(H,36,37)/t20-,25?,31?/m1/s1. The van der Waals surface area contributed by atoms with E-state index in [1.165, 1.54) is 0 Å². The second kappa shape index (κ2) is 11.0. The number of carboxylic acid groups (broad SMARTS) is 1. The van der Waals surface area contributed by atoms with Gasteiger partial charge < -0.3 is 15.3 Å². The monoisotopic (exact) mass is 528 g/mol. The van der Waals surface area contributed by atoms with Gasteiger partial charge in [0.05, 0.1) is 24.1 Å². The quantitative estimate of drug-likeness (QED) is 0.518. The van der Waals surface area contributed by atoms with E-state index in [0.29, 0.717) is 28.3 Å². The Hall–Kier alpha value is -3.99. The number of aliphatic carboxylic acids is 1. The van der Waals surface area contributed by atoms with Crippen molar-refractivity contribution in [1.29, 1.82) is 5.26 Å². The molecule has 8 nitrogen and oxygen atoms in total. The number of carboxylic acids is 1. The van der Waals surface area contributed by atoms with Crippen molar-refractivity contribution in [2.24, 2.45) is 16.3 Å². The summed E-state index contributed by atoms with van der Waals surface area (Å²) in [6.07, 6.45) is 3.30. The molecule has 2 aliphatic rings. The van der Waals surface area contributed by atoms with Gasteiger partial charge in [-0.05, 0) is 73.8 Å². The predicted molar refractivity (Wildman–Crippen MR) is 148 cm³/mol. The molecule has 2 N–H and O–H groups in total. The lowest BCUT2D eigenvalue weighted by Gasteiger charge is -2.46. The van der Waals surface area contributed by atoms with E-state index in [2.05, 4.69) is 32.2 Å². The summed E-state index contributed by atoms with van der Waals surface area (Å²) in [5.41, 5.74) is 2.34. The minimum absolute atomic E-state index is 0.0554. The maximum atomic E-state index is 14.0. The second-order valence-electron chi connectivity index (χ2n) is 11.6. The first kappa shape index (κ1) is 28.0. The summed E-state index contributed by atoms with van der Waals surface area (Å²) in [5, 5.41) is 20.8. The highest BCUT2D eigenvalue weighted by Gasteiger charge is 2.51. The maximum Gasteiger partial charge on any atom is 0.305 e. The molecule has 1 aliphatic heterocycles. The highest BCUT2D eigenvalue weighted by atomic mass is 16.4. The molecule has 8 heteroatoms. The summed E-state index contributed by atoms with van der Waals surface area (Å²) in [5.74, 6) is -0.924. The highest BCUT2D eigenvalue weighted by Crippen LogP contribution is 2.49. The van der Waals surface area contributed by atoms with Crippen LogP contribution in [0.5, 0.6) is 0 Å². The van der Waals surface area contributed by atoms with Gasteiger partial charge in [0, 0.05) is 17.7 Å². The molecule has 4 rings (SSSR count). The third-order valence-corrected chi connectivity index (χ3v) is 8.13. The molecule has 1 saturated carbocycles. The Morgan fingerprint density at radius 3 is 2.44 bits per heavy atom. The molecule has 0 saturated heterocycles. The second-order valence-corrected chi connectivity index (χ2v) is 11.6. The van der Waals surface area contributed by atoms with Crippen LogP contribution >= 0.6 is 0 Å². The SMILES string of the molecule is C[C@H](c1ccc(C(=O)NCCC(=O)O)cc1)N1C(=O)C(c2cccc(C#N)c2)=NC12CCC(C(C)(C)C)CC2. The fourth-order valence-electron chi connectivity index (χ4n) is 5.82. The molecule has 2 aromatic rings. The van der Waals surface area contributed by atoms with Gasteiger partial charge in [-0.1, -0.05) is 45.0 Å². The lowest BCUT2D eigenvalue weighted by atomic mass is 9.69. The summed E-state index contributed by atoms with van der Waals surface area (Å²) in [7, 11) is 0. The average molecular weight is 529 g/mol. The Labute approximate surface area is 229 Å². The van der Waals surface area contributed by atoms with Crippen LogP contribution < -0.4 is 5.32 Å². The molecule has 204 valence electrons. The minimum atomic E-state index is -0.971. The van der Waals surface area contributed by atoms with Crippen LogP contribution in [0.2, 0.25) is 0 Å². The molecule has 2 amide bonds. The fraction of sp³-hybridized carbons (Fsp3) is 0.452. The summed E-state index contributed by atoms with van der Waals surface area (Å²) in [6.45, 7) is 8.83. The molecular formula is C31H36N4O4. The van der Waals surface area contributed by atoms with Crippen LogP contribution in [0.4, 0.5) is 0 Å². The molecule has 1 heterocycles. The zero-order chi connectivity index (χ0) is 28.4. The van der Waals surface area contributed by atoms with Gasteiger partial charge in [-0.2, -0.15) is 5.26 Å². The van der Waals surface area contributed by atoms with Crippen molar-refractivity contribution in [2.45, 2.75) is 71.5 Å². The smallest absolute Gasteiger partial charge is 0.305 e. The highest BCUT2D eigenvalue weighted by molar-refractivity contribution is 6.46. The van der Waals surface area contributed by atoms with Gasteiger partial charge in [-0.3, -0.25) is 19.4 Å². The molecule has 1 spiro atoms. The van der Waals surface area contributed by atoms with E-state index in [1.54, 1.807) is 30.3 Å². The Balaban J connectivity index is 1.62. The molecule has 0 unspecified atom stereocenters. The largest absolute Gasteiger partial charge is 0.481 e. The van der Waals surface area contributed by atoms with Crippen LogP contribution in [0, 0.1) is 22.7 Å². The first-order valence-corrected chi connectivity index (χ1v) is 13.5. The number of hydrogen-bond acceptors (Lipinski definition) is 5. The Bertz CT molecular complexity index is 1330. The number of nitrogens with zero attached hydrogens (tertiary/aromatic N) is 3. The summed E-state index contributed by atoms with van der Waals surface area (Å²) in [4.78, 5) is 44.2. The molecule has 39 heavy (non-hydrogen) atoms. The van der Waals surface area contributed by atoms with Crippen molar-refractivity contribution in [3.05, 3.63) is 70.8 Å².